The maximum Gasteiger partial charge on any atom is 0.157 e. The van der Waals surface area contributed by atoms with Crippen molar-refractivity contribution < 1.29 is 4.74 Å². The minimum Gasteiger partial charge on any atom is -0.371 e. The molecular formula is C12H15ClN2OS. The van der Waals surface area contributed by atoms with Gasteiger partial charge in [-0.2, -0.15) is 0 Å². The highest BCUT2D eigenvalue weighted by Crippen LogP contribution is 2.24. The first-order valence-corrected chi connectivity index (χ1v) is 6.97. The maximum atomic E-state index is 6.08. The zero-order valence-electron chi connectivity index (χ0n) is 9.94. The van der Waals surface area contributed by atoms with Crippen molar-refractivity contribution in [3.63, 3.8) is 0 Å². The molecule has 0 aliphatic heterocycles. The highest BCUT2D eigenvalue weighted by molar-refractivity contribution is 7.16. The van der Waals surface area contributed by atoms with E-state index in [-0.39, 0.29) is 6.10 Å². The van der Waals surface area contributed by atoms with Gasteiger partial charge in [0.25, 0.3) is 0 Å². The van der Waals surface area contributed by atoms with Gasteiger partial charge in [-0.15, -0.1) is 11.3 Å². The second-order valence-corrected chi connectivity index (χ2v) is 5.23. The summed E-state index contributed by atoms with van der Waals surface area (Å²) in [5.41, 5.74) is 0. The number of ether oxygens (including phenoxy) is 1. The smallest absolute Gasteiger partial charge is 0.157 e. The molecule has 0 saturated carbocycles. The van der Waals surface area contributed by atoms with Crippen LogP contribution in [-0.4, -0.2) is 16.1 Å². The van der Waals surface area contributed by atoms with E-state index < -0.39 is 0 Å². The van der Waals surface area contributed by atoms with E-state index in [4.69, 9.17) is 16.3 Å². The van der Waals surface area contributed by atoms with Crippen molar-refractivity contribution in [3.05, 3.63) is 22.4 Å². The molecule has 2 aromatic heterocycles. The monoisotopic (exact) mass is 270 g/mol. The number of rotatable bonds is 5. The van der Waals surface area contributed by atoms with Crippen molar-refractivity contribution in [2.45, 2.75) is 39.4 Å². The minimum absolute atomic E-state index is 0.237. The maximum absolute atomic E-state index is 6.08. The lowest BCUT2D eigenvalue weighted by molar-refractivity contribution is 0.0433. The molecule has 2 rings (SSSR count). The molecule has 2 aromatic rings. The number of aromatic nitrogens is 2. The standard InChI is InChI=1S/C12H15ClN2OS/c1-3-4-8(2)16-7-10-14-11(13)9-5-6-17-12(9)15-10/h5-6,8H,3-4,7H2,1-2H3. The fourth-order valence-corrected chi connectivity index (χ4v) is 2.72. The first-order valence-electron chi connectivity index (χ1n) is 5.72. The summed E-state index contributed by atoms with van der Waals surface area (Å²) < 4.78 is 5.67. The summed E-state index contributed by atoms with van der Waals surface area (Å²) in [5, 5.41) is 3.40. The van der Waals surface area contributed by atoms with Gasteiger partial charge in [0.1, 0.15) is 16.6 Å². The zero-order valence-corrected chi connectivity index (χ0v) is 11.5. The molecule has 0 aliphatic carbocycles. The third-order valence-electron chi connectivity index (χ3n) is 2.52. The second kappa shape index (κ2) is 5.76. The Bertz CT molecular complexity index is 500. The molecule has 0 amide bonds. The van der Waals surface area contributed by atoms with Crippen LogP contribution < -0.4 is 0 Å². The van der Waals surface area contributed by atoms with Gasteiger partial charge in [0.2, 0.25) is 0 Å². The molecule has 1 unspecified atom stereocenters. The quantitative estimate of drug-likeness (QED) is 0.769. The number of thiophene rings is 1. The Kier molecular flexibility index (Phi) is 4.31. The largest absolute Gasteiger partial charge is 0.371 e. The molecule has 0 saturated heterocycles. The Morgan fingerprint density at radius 2 is 2.29 bits per heavy atom. The van der Waals surface area contributed by atoms with Crippen LogP contribution in [-0.2, 0) is 11.3 Å². The number of fused-ring (bicyclic) bond motifs is 1. The van der Waals surface area contributed by atoms with Crippen LogP contribution in [0, 0.1) is 0 Å². The van der Waals surface area contributed by atoms with Gasteiger partial charge in [0, 0.05) is 5.39 Å². The molecule has 0 radical (unpaired) electrons. The molecule has 3 nitrogen and oxygen atoms in total. The molecule has 17 heavy (non-hydrogen) atoms. The predicted octanol–water partition coefficient (Wildman–Crippen LogP) is 4.05. The summed E-state index contributed by atoms with van der Waals surface area (Å²) in [5.74, 6) is 0.660. The topological polar surface area (TPSA) is 35.0 Å². The lowest BCUT2D eigenvalue weighted by atomic mass is 10.2. The van der Waals surface area contributed by atoms with Crippen LogP contribution in [0.15, 0.2) is 11.4 Å². The van der Waals surface area contributed by atoms with E-state index in [1.54, 1.807) is 11.3 Å². The summed E-state index contributed by atoms with van der Waals surface area (Å²) in [6, 6.07) is 1.94. The fraction of sp³-hybridized carbons (Fsp3) is 0.500. The Morgan fingerprint density at radius 3 is 3.06 bits per heavy atom. The summed E-state index contributed by atoms with van der Waals surface area (Å²) >= 11 is 7.65. The van der Waals surface area contributed by atoms with E-state index >= 15 is 0 Å². The fourth-order valence-electron chi connectivity index (χ4n) is 1.63. The van der Waals surface area contributed by atoms with Crippen LogP contribution in [0.1, 0.15) is 32.5 Å². The van der Waals surface area contributed by atoms with Crippen molar-refractivity contribution in [1.29, 1.82) is 0 Å². The highest BCUT2D eigenvalue weighted by Gasteiger charge is 2.08. The molecular weight excluding hydrogens is 256 g/mol. The third kappa shape index (κ3) is 3.15. The van der Waals surface area contributed by atoms with Crippen molar-refractivity contribution in [2.75, 3.05) is 0 Å². The van der Waals surface area contributed by atoms with Crippen molar-refractivity contribution in [3.8, 4) is 0 Å². The van der Waals surface area contributed by atoms with Crippen LogP contribution >= 0.6 is 22.9 Å². The molecule has 0 fully saturated rings. The average molecular weight is 271 g/mol. The van der Waals surface area contributed by atoms with E-state index in [0.717, 1.165) is 23.1 Å². The van der Waals surface area contributed by atoms with Crippen LogP contribution in [0.2, 0.25) is 5.15 Å². The van der Waals surface area contributed by atoms with Crippen LogP contribution in [0.25, 0.3) is 10.2 Å². The molecule has 0 aromatic carbocycles. The highest BCUT2D eigenvalue weighted by atomic mass is 35.5. The van der Waals surface area contributed by atoms with Gasteiger partial charge < -0.3 is 4.74 Å². The minimum atomic E-state index is 0.237. The van der Waals surface area contributed by atoms with Gasteiger partial charge >= 0.3 is 0 Å². The van der Waals surface area contributed by atoms with E-state index in [2.05, 4.69) is 23.8 Å². The second-order valence-electron chi connectivity index (χ2n) is 3.98. The van der Waals surface area contributed by atoms with Gasteiger partial charge in [0.05, 0.1) is 6.10 Å². The van der Waals surface area contributed by atoms with Gasteiger partial charge in [-0.25, -0.2) is 9.97 Å². The molecule has 1 atom stereocenters. The summed E-state index contributed by atoms with van der Waals surface area (Å²) in [4.78, 5) is 9.59. The molecule has 5 heteroatoms. The Balaban J connectivity index is 2.08. The van der Waals surface area contributed by atoms with Crippen molar-refractivity contribution >= 4 is 33.2 Å². The molecule has 92 valence electrons. The summed E-state index contributed by atoms with van der Waals surface area (Å²) in [6.07, 6.45) is 2.41. The Morgan fingerprint density at radius 1 is 1.47 bits per heavy atom. The van der Waals surface area contributed by atoms with Gasteiger partial charge in [-0.3, -0.25) is 0 Å². The average Bonchev–Trinajstić information content (AvgIpc) is 2.75. The van der Waals surface area contributed by atoms with Crippen LogP contribution in [0.5, 0.6) is 0 Å². The van der Waals surface area contributed by atoms with Gasteiger partial charge in [0.15, 0.2) is 5.82 Å². The number of hydrogen-bond donors (Lipinski definition) is 0. The number of hydrogen-bond acceptors (Lipinski definition) is 4. The normalized spacial score (nSPS) is 13.1. The number of nitrogens with zero attached hydrogens (tertiary/aromatic N) is 2. The zero-order chi connectivity index (χ0) is 12.3. The van der Waals surface area contributed by atoms with Crippen molar-refractivity contribution in [1.82, 2.24) is 9.97 Å². The lowest BCUT2D eigenvalue weighted by Crippen LogP contribution is -2.09. The molecule has 0 spiro atoms. The third-order valence-corrected chi connectivity index (χ3v) is 3.61. The Hall–Kier alpha value is -0.710. The lowest BCUT2D eigenvalue weighted by Gasteiger charge is -2.10. The first-order chi connectivity index (χ1) is 8.20. The van der Waals surface area contributed by atoms with Crippen LogP contribution in [0.3, 0.4) is 0 Å². The molecule has 2 heterocycles. The van der Waals surface area contributed by atoms with E-state index in [0.29, 0.717) is 17.6 Å². The summed E-state index contributed by atoms with van der Waals surface area (Å²) in [7, 11) is 0. The van der Waals surface area contributed by atoms with Gasteiger partial charge in [-0.05, 0) is 24.8 Å². The van der Waals surface area contributed by atoms with Gasteiger partial charge in [-0.1, -0.05) is 24.9 Å². The van der Waals surface area contributed by atoms with E-state index in [1.807, 2.05) is 11.4 Å². The molecule has 0 aliphatic rings. The van der Waals surface area contributed by atoms with E-state index in [9.17, 15) is 0 Å². The van der Waals surface area contributed by atoms with E-state index in [1.165, 1.54) is 0 Å². The SMILES string of the molecule is CCCC(C)OCc1nc(Cl)c2ccsc2n1. The molecule has 0 bridgehead atoms. The Labute approximate surface area is 110 Å². The first kappa shape index (κ1) is 12.7. The predicted molar refractivity (Wildman–Crippen MR) is 71.6 cm³/mol. The van der Waals surface area contributed by atoms with Crippen molar-refractivity contribution in [2.24, 2.45) is 0 Å². The number of halogens is 1. The molecule has 0 N–H and O–H groups in total. The van der Waals surface area contributed by atoms with Crippen LogP contribution in [0.4, 0.5) is 0 Å². The summed E-state index contributed by atoms with van der Waals surface area (Å²) in [6.45, 7) is 4.63.